The second-order valence-corrected chi connectivity index (χ2v) is 8.16. The monoisotopic (exact) mass is 358 g/mol. The molecule has 1 aliphatic rings. The van der Waals surface area contributed by atoms with Crippen LogP contribution >= 0.6 is 0 Å². The first-order valence-corrected chi connectivity index (χ1v) is 9.80. The van der Waals surface area contributed by atoms with Crippen LogP contribution in [-0.2, 0) is 16.6 Å². The van der Waals surface area contributed by atoms with E-state index in [0.717, 1.165) is 24.2 Å². The van der Waals surface area contributed by atoms with Gasteiger partial charge >= 0.3 is 0 Å². The van der Waals surface area contributed by atoms with Gasteiger partial charge in [-0.05, 0) is 24.3 Å². The van der Waals surface area contributed by atoms with Gasteiger partial charge in [-0.25, -0.2) is 13.4 Å². The summed E-state index contributed by atoms with van der Waals surface area (Å²) < 4.78 is 32.6. The summed E-state index contributed by atoms with van der Waals surface area (Å²) in [5.41, 5.74) is 1.66. The molecule has 25 heavy (non-hydrogen) atoms. The number of para-hydroxylation sites is 2. The lowest BCUT2D eigenvalue weighted by Crippen LogP contribution is -3.13. The van der Waals surface area contributed by atoms with Crippen LogP contribution in [0.25, 0.3) is 11.1 Å². The molecule has 0 saturated carbocycles. The predicted molar refractivity (Wildman–Crippen MR) is 93.6 cm³/mol. The number of hydrogen-bond acceptors (Lipinski definition) is 4. The molecule has 0 amide bonds. The topological polar surface area (TPSA) is 67.8 Å². The molecule has 7 heteroatoms. The maximum absolute atomic E-state index is 12.7. The number of quaternary nitrogens is 1. The van der Waals surface area contributed by atoms with Crippen LogP contribution in [-0.4, -0.2) is 43.9 Å². The fraction of sp³-hybridized carbons (Fsp3) is 0.278. The lowest BCUT2D eigenvalue weighted by molar-refractivity contribution is -0.918. The zero-order valence-electron chi connectivity index (χ0n) is 13.8. The van der Waals surface area contributed by atoms with Crippen LogP contribution in [0.15, 0.2) is 63.9 Å². The van der Waals surface area contributed by atoms with Crippen molar-refractivity contribution in [1.29, 1.82) is 0 Å². The minimum Gasteiger partial charge on any atom is -0.435 e. The first-order chi connectivity index (χ1) is 12.1. The normalized spacial score (nSPS) is 17.1. The van der Waals surface area contributed by atoms with Gasteiger partial charge in [0.05, 0.1) is 31.1 Å². The van der Waals surface area contributed by atoms with Crippen molar-refractivity contribution in [3.8, 4) is 0 Å². The number of oxazole rings is 1. The Hall–Kier alpha value is -2.22. The minimum atomic E-state index is -3.40. The van der Waals surface area contributed by atoms with Crippen LogP contribution in [0.5, 0.6) is 0 Å². The predicted octanol–water partition coefficient (Wildman–Crippen LogP) is 0.917. The largest absolute Gasteiger partial charge is 0.435 e. The summed E-state index contributed by atoms with van der Waals surface area (Å²) in [5.74, 6) is 0.704. The van der Waals surface area contributed by atoms with E-state index in [0.29, 0.717) is 30.4 Å². The third-order valence-corrected chi connectivity index (χ3v) is 6.46. The van der Waals surface area contributed by atoms with Crippen molar-refractivity contribution < 1.29 is 17.7 Å². The van der Waals surface area contributed by atoms with E-state index in [9.17, 15) is 8.42 Å². The van der Waals surface area contributed by atoms with Gasteiger partial charge in [0.1, 0.15) is 5.52 Å². The molecule has 1 aliphatic heterocycles. The first-order valence-electron chi connectivity index (χ1n) is 8.36. The summed E-state index contributed by atoms with van der Waals surface area (Å²) in [6.07, 6.45) is 0. The second kappa shape index (κ2) is 6.59. The Balaban J connectivity index is 1.41. The maximum Gasteiger partial charge on any atom is 0.251 e. The van der Waals surface area contributed by atoms with Gasteiger partial charge in [-0.15, -0.1) is 0 Å². The Kier molecular flexibility index (Phi) is 4.29. The van der Waals surface area contributed by atoms with Crippen molar-refractivity contribution in [3.63, 3.8) is 0 Å². The van der Waals surface area contributed by atoms with Gasteiger partial charge in [0.15, 0.2) is 12.1 Å². The molecule has 0 aliphatic carbocycles. The molecule has 1 aromatic heterocycles. The average molecular weight is 358 g/mol. The molecule has 2 heterocycles. The molecule has 0 spiro atoms. The summed E-state index contributed by atoms with van der Waals surface area (Å²) in [6.45, 7) is 3.17. The van der Waals surface area contributed by atoms with Gasteiger partial charge < -0.3 is 9.32 Å². The molecular weight excluding hydrogens is 338 g/mol. The van der Waals surface area contributed by atoms with Crippen LogP contribution in [0.4, 0.5) is 0 Å². The van der Waals surface area contributed by atoms with Gasteiger partial charge in [-0.3, -0.25) is 0 Å². The molecule has 1 fully saturated rings. The van der Waals surface area contributed by atoms with E-state index in [-0.39, 0.29) is 0 Å². The summed E-state index contributed by atoms with van der Waals surface area (Å²) in [4.78, 5) is 6.14. The van der Waals surface area contributed by atoms with Crippen molar-refractivity contribution in [2.75, 3.05) is 26.2 Å². The number of rotatable bonds is 4. The summed E-state index contributed by atoms with van der Waals surface area (Å²) in [6, 6.07) is 16.3. The smallest absolute Gasteiger partial charge is 0.251 e. The van der Waals surface area contributed by atoms with E-state index >= 15 is 0 Å². The quantitative estimate of drug-likeness (QED) is 0.753. The standard InChI is InChI=1S/C18H19N3O3S/c22-25(23,15-6-2-1-3-7-15)21-12-10-20(11-13-21)14-18-19-16-8-4-5-9-17(16)24-18/h1-9H,10-14H2/p+1. The molecule has 0 bridgehead atoms. The Morgan fingerprint density at radius 1 is 1.00 bits per heavy atom. The molecule has 0 radical (unpaired) electrons. The van der Waals surface area contributed by atoms with Crippen LogP contribution in [0.1, 0.15) is 5.89 Å². The van der Waals surface area contributed by atoms with E-state index in [1.165, 1.54) is 4.90 Å². The second-order valence-electron chi connectivity index (χ2n) is 6.22. The van der Waals surface area contributed by atoms with E-state index in [4.69, 9.17) is 4.42 Å². The van der Waals surface area contributed by atoms with E-state index in [1.807, 2.05) is 30.3 Å². The number of piperazine rings is 1. The SMILES string of the molecule is O=S(=O)(c1ccccc1)N1CC[NH+](Cc2nc3ccccc3o2)CC1. The molecule has 3 aromatic rings. The number of nitrogens with one attached hydrogen (secondary N) is 1. The van der Waals surface area contributed by atoms with E-state index in [1.54, 1.807) is 28.6 Å². The van der Waals surface area contributed by atoms with Crippen molar-refractivity contribution in [3.05, 3.63) is 60.5 Å². The van der Waals surface area contributed by atoms with Crippen LogP contribution in [0.3, 0.4) is 0 Å². The number of benzene rings is 2. The lowest BCUT2D eigenvalue weighted by atomic mass is 10.3. The third-order valence-electron chi connectivity index (χ3n) is 4.55. The summed E-state index contributed by atoms with van der Waals surface area (Å²) >= 11 is 0. The lowest BCUT2D eigenvalue weighted by Gasteiger charge is -2.30. The Labute approximate surface area is 146 Å². The van der Waals surface area contributed by atoms with Gasteiger partial charge in [0.25, 0.3) is 5.89 Å². The Morgan fingerprint density at radius 2 is 1.68 bits per heavy atom. The van der Waals surface area contributed by atoms with Crippen LogP contribution in [0, 0.1) is 0 Å². The van der Waals surface area contributed by atoms with Crippen molar-refractivity contribution in [2.24, 2.45) is 0 Å². The Bertz CT molecular complexity index is 928. The molecular formula is C18H20N3O3S+. The number of fused-ring (bicyclic) bond motifs is 1. The van der Waals surface area contributed by atoms with Crippen LogP contribution in [0.2, 0.25) is 0 Å². The number of aromatic nitrogens is 1. The highest BCUT2D eigenvalue weighted by Gasteiger charge is 2.30. The molecule has 6 nitrogen and oxygen atoms in total. The van der Waals surface area contributed by atoms with Gasteiger partial charge in [-0.1, -0.05) is 30.3 Å². The fourth-order valence-corrected chi connectivity index (χ4v) is 4.63. The molecule has 130 valence electrons. The molecule has 1 N–H and O–H groups in total. The summed E-state index contributed by atoms with van der Waals surface area (Å²) in [5, 5.41) is 0. The van der Waals surface area contributed by atoms with Gasteiger partial charge in [-0.2, -0.15) is 4.31 Å². The molecule has 4 rings (SSSR count). The zero-order valence-corrected chi connectivity index (χ0v) is 14.6. The number of hydrogen-bond donors (Lipinski definition) is 1. The van der Waals surface area contributed by atoms with Crippen molar-refractivity contribution >= 4 is 21.1 Å². The molecule has 0 unspecified atom stereocenters. The molecule has 0 atom stereocenters. The first kappa shape index (κ1) is 16.3. The summed E-state index contributed by atoms with van der Waals surface area (Å²) in [7, 11) is -3.40. The highest BCUT2D eigenvalue weighted by Crippen LogP contribution is 2.16. The van der Waals surface area contributed by atoms with Crippen LogP contribution < -0.4 is 4.90 Å². The van der Waals surface area contributed by atoms with Crippen molar-refractivity contribution in [2.45, 2.75) is 11.4 Å². The highest BCUT2D eigenvalue weighted by atomic mass is 32.2. The maximum atomic E-state index is 12.7. The van der Waals surface area contributed by atoms with Gasteiger partial charge in [0, 0.05) is 0 Å². The number of nitrogens with zero attached hydrogens (tertiary/aromatic N) is 2. The fourth-order valence-electron chi connectivity index (χ4n) is 3.17. The number of sulfonamides is 1. The zero-order chi connectivity index (χ0) is 17.3. The minimum absolute atomic E-state index is 0.359. The highest BCUT2D eigenvalue weighted by molar-refractivity contribution is 7.89. The third kappa shape index (κ3) is 3.30. The molecule has 1 saturated heterocycles. The van der Waals surface area contributed by atoms with E-state index < -0.39 is 10.0 Å². The Morgan fingerprint density at radius 3 is 2.40 bits per heavy atom. The van der Waals surface area contributed by atoms with Crippen molar-refractivity contribution in [1.82, 2.24) is 9.29 Å². The van der Waals surface area contributed by atoms with E-state index in [2.05, 4.69) is 4.98 Å². The van der Waals surface area contributed by atoms with Gasteiger partial charge in [0.2, 0.25) is 10.0 Å². The molecule has 2 aromatic carbocycles. The average Bonchev–Trinajstić information content (AvgIpc) is 3.05.